The van der Waals surface area contributed by atoms with Crippen molar-refractivity contribution in [3.63, 3.8) is 0 Å². The number of rotatable bonds is 6. The molecule has 1 heterocycles. The minimum Gasteiger partial charge on any atom is -0.362 e. The molecule has 0 aliphatic heterocycles. The second-order valence-corrected chi connectivity index (χ2v) is 6.32. The van der Waals surface area contributed by atoms with Crippen LogP contribution in [0.25, 0.3) is 0 Å². The SMILES string of the molecule is Cc1cc(Nc2ccc(F)cc2)nc(NC(=S)NCCC(C)C)n1. The fourth-order valence-corrected chi connectivity index (χ4v) is 2.18. The van der Waals surface area contributed by atoms with Gasteiger partial charge in [-0.15, -0.1) is 0 Å². The molecule has 0 saturated heterocycles. The third kappa shape index (κ3) is 6.08. The highest BCUT2D eigenvalue weighted by molar-refractivity contribution is 7.80. The van der Waals surface area contributed by atoms with E-state index in [1.54, 1.807) is 12.1 Å². The Balaban J connectivity index is 2.00. The van der Waals surface area contributed by atoms with Gasteiger partial charge < -0.3 is 16.0 Å². The molecule has 2 rings (SSSR count). The molecule has 3 N–H and O–H groups in total. The Morgan fingerprint density at radius 1 is 1.21 bits per heavy atom. The maximum atomic E-state index is 13.0. The molecule has 5 nitrogen and oxygen atoms in total. The number of thiocarbonyl (C=S) groups is 1. The molecule has 1 aromatic carbocycles. The van der Waals surface area contributed by atoms with Crippen LogP contribution in [0.4, 0.5) is 21.8 Å². The van der Waals surface area contributed by atoms with Crippen LogP contribution >= 0.6 is 12.2 Å². The first kappa shape index (κ1) is 18.1. The molecular weight excluding hydrogens is 325 g/mol. The van der Waals surface area contributed by atoms with Crippen LogP contribution in [0.1, 0.15) is 26.0 Å². The standard InChI is InChI=1S/C17H22FN5S/c1-11(2)8-9-19-17(24)23-16-20-12(3)10-15(22-16)21-14-6-4-13(18)5-7-14/h4-7,10-11H,8-9H2,1-3H3,(H3,19,20,21,22,23,24). The predicted molar refractivity (Wildman–Crippen MR) is 100 cm³/mol. The maximum absolute atomic E-state index is 13.0. The Morgan fingerprint density at radius 3 is 2.58 bits per heavy atom. The molecule has 1 aromatic heterocycles. The number of aromatic nitrogens is 2. The van der Waals surface area contributed by atoms with Gasteiger partial charge in [-0.2, -0.15) is 4.98 Å². The number of hydrogen-bond acceptors (Lipinski definition) is 4. The van der Waals surface area contributed by atoms with E-state index in [0.717, 1.165) is 24.3 Å². The highest BCUT2D eigenvalue weighted by atomic mass is 32.1. The number of anilines is 3. The van der Waals surface area contributed by atoms with Crippen molar-refractivity contribution >= 4 is 34.8 Å². The van der Waals surface area contributed by atoms with Crippen LogP contribution < -0.4 is 16.0 Å². The molecule has 0 aliphatic carbocycles. The summed E-state index contributed by atoms with van der Waals surface area (Å²) >= 11 is 5.25. The second kappa shape index (κ2) is 8.54. The van der Waals surface area contributed by atoms with E-state index in [1.807, 2.05) is 13.0 Å². The number of nitrogens with one attached hydrogen (secondary N) is 3. The van der Waals surface area contributed by atoms with E-state index in [2.05, 4.69) is 39.8 Å². The number of benzene rings is 1. The number of hydrogen-bond donors (Lipinski definition) is 3. The van der Waals surface area contributed by atoms with Gasteiger partial charge in [-0.05, 0) is 55.7 Å². The summed E-state index contributed by atoms with van der Waals surface area (Å²) < 4.78 is 13.0. The fraction of sp³-hybridized carbons (Fsp3) is 0.353. The van der Waals surface area contributed by atoms with Crippen molar-refractivity contribution in [2.45, 2.75) is 27.2 Å². The van der Waals surface area contributed by atoms with Crippen LogP contribution in [0, 0.1) is 18.7 Å². The third-order valence-electron chi connectivity index (χ3n) is 3.20. The lowest BCUT2D eigenvalue weighted by atomic mass is 10.1. The van der Waals surface area contributed by atoms with Gasteiger partial charge in [0.15, 0.2) is 5.11 Å². The molecule has 7 heteroatoms. The predicted octanol–water partition coefficient (Wildman–Crippen LogP) is 4.00. The van der Waals surface area contributed by atoms with Crippen LogP contribution in [-0.2, 0) is 0 Å². The number of aryl methyl sites for hydroxylation is 1. The molecule has 0 bridgehead atoms. The molecule has 24 heavy (non-hydrogen) atoms. The molecule has 0 radical (unpaired) electrons. The monoisotopic (exact) mass is 347 g/mol. The normalized spacial score (nSPS) is 10.5. The summed E-state index contributed by atoms with van der Waals surface area (Å²) in [6.07, 6.45) is 1.04. The van der Waals surface area contributed by atoms with Gasteiger partial charge in [-0.25, -0.2) is 9.37 Å². The summed E-state index contributed by atoms with van der Waals surface area (Å²) in [5, 5.41) is 9.74. The number of halogens is 1. The van der Waals surface area contributed by atoms with Crippen molar-refractivity contribution in [1.29, 1.82) is 0 Å². The minimum atomic E-state index is -0.278. The topological polar surface area (TPSA) is 61.9 Å². The van der Waals surface area contributed by atoms with Gasteiger partial charge in [0, 0.05) is 24.0 Å². The Morgan fingerprint density at radius 2 is 1.92 bits per heavy atom. The van der Waals surface area contributed by atoms with Crippen molar-refractivity contribution in [3.05, 3.63) is 41.8 Å². The molecule has 0 amide bonds. The first-order valence-electron chi connectivity index (χ1n) is 7.85. The summed E-state index contributed by atoms with van der Waals surface area (Å²) in [4.78, 5) is 8.70. The largest absolute Gasteiger partial charge is 0.362 e. The van der Waals surface area contributed by atoms with E-state index in [9.17, 15) is 4.39 Å². The van der Waals surface area contributed by atoms with E-state index < -0.39 is 0 Å². The summed E-state index contributed by atoms with van der Waals surface area (Å²) in [7, 11) is 0. The van der Waals surface area contributed by atoms with E-state index in [-0.39, 0.29) is 5.82 Å². The zero-order valence-corrected chi connectivity index (χ0v) is 14.9. The van der Waals surface area contributed by atoms with Crippen molar-refractivity contribution < 1.29 is 4.39 Å². The lowest BCUT2D eigenvalue weighted by molar-refractivity contribution is 0.579. The Labute approximate surface area is 147 Å². The molecule has 0 fully saturated rings. The Hall–Kier alpha value is -2.28. The minimum absolute atomic E-state index is 0.278. The molecular formula is C17H22FN5S. The van der Waals surface area contributed by atoms with Gasteiger partial charge in [0.05, 0.1) is 0 Å². The summed E-state index contributed by atoms with van der Waals surface area (Å²) in [6.45, 7) is 7.00. The van der Waals surface area contributed by atoms with Crippen LogP contribution in [0.2, 0.25) is 0 Å². The Kier molecular flexibility index (Phi) is 6.43. The molecule has 0 aliphatic rings. The van der Waals surface area contributed by atoms with Crippen LogP contribution in [0.3, 0.4) is 0 Å². The zero-order chi connectivity index (χ0) is 17.5. The van der Waals surface area contributed by atoms with Crippen molar-refractivity contribution in [2.24, 2.45) is 5.92 Å². The quantitative estimate of drug-likeness (QED) is 0.687. The van der Waals surface area contributed by atoms with Crippen molar-refractivity contribution in [2.75, 3.05) is 17.2 Å². The average molecular weight is 347 g/mol. The van der Waals surface area contributed by atoms with Crippen molar-refractivity contribution in [3.8, 4) is 0 Å². The highest BCUT2D eigenvalue weighted by Crippen LogP contribution is 2.17. The third-order valence-corrected chi connectivity index (χ3v) is 3.45. The smallest absolute Gasteiger partial charge is 0.231 e. The van der Waals surface area contributed by atoms with Gasteiger partial charge in [0.1, 0.15) is 11.6 Å². The zero-order valence-electron chi connectivity index (χ0n) is 14.1. The van der Waals surface area contributed by atoms with Gasteiger partial charge in [-0.1, -0.05) is 13.8 Å². The molecule has 0 spiro atoms. The summed E-state index contributed by atoms with van der Waals surface area (Å²) in [5.74, 6) is 1.37. The first-order valence-corrected chi connectivity index (χ1v) is 8.26. The van der Waals surface area contributed by atoms with Crippen LogP contribution in [0.5, 0.6) is 0 Å². The van der Waals surface area contributed by atoms with E-state index >= 15 is 0 Å². The molecule has 0 atom stereocenters. The van der Waals surface area contributed by atoms with Crippen LogP contribution in [-0.4, -0.2) is 21.6 Å². The first-order chi connectivity index (χ1) is 11.4. The maximum Gasteiger partial charge on any atom is 0.231 e. The van der Waals surface area contributed by atoms with Crippen LogP contribution in [0.15, 0.2) is 30.3 Å². The van der Waals surface area contributed by atoms with Gasteiger partial charge in [0.25, 0.3) is 0 Å². The summed E-state index contributed by atoms with van der Waals surface area (Å²) in [6, 6.07) is 7.90. The summed E-state index contributed by atoms with van der Waals surface area (Å²) in [5.41, 5.74) is 1.54. The van der Waals surface area contributed by atoms with Gasteiger partial charge in [0.2, 0.25) is 5.95 Å². The number of nitrogens with zero attached hydrogens (tertiary/aromatic N) is 2. The van der Waals surface area contributed by atoms with E-state index in [1.165, 1.54) is 12.1 Å². The highest BCUT2D eigenvalue weighted by Gasteiger charge is 2.05. The molecule has 0 unspecified atom stereocenters. The average Bonchev–Trinajstić information content (AvgIpc) is 2.48. The Bertz CT molecular complexity index is 688. The second-order valence-electron chi connectivity index (χ2n) is 5.91. The lowest BCUT2D eigenvalue weighted by Crippen LogP contribution is -2.30. The fourth-order valence-electron chi connectivity index (χ4n) is 1.99. The van der Waals surface area contributed by atoms with E-state index in [4.69, 9.17) is 12.2 Å². The van der Waals surface area contributed by atoms with Gasteiger partial charge in [-0.3, -0.25) is 0 Å². The van der Waals surface area contributed by atoms with Crippen molar-refractivity contribution in [1.82, 2.24) is 15.3 Å². The lowest BCUT2D eigenvalue weighted by Gasteiger charge is -2.12. The molecule has 128 valence electrons. The molecule has 0 saturated carbocycles. The van der Waals surface area contributed by atoms with Gasteiger partial charge >= 0.3 is 0 Å². The molecule has 2 aromatic rings. The van der Waals surface area contributed by atoms with E-state index in [0.29, 0.717) is 22.8 Å².